The SMILES string of the molecule is COC(=O)C1=CC(c2ccnn2C)=NS(=O)N1. The molecule has 1 aliphatic rings. The Morgan fingerprint density at radius 1 is 1.59 bits per heavy atom. The molecule has 0 saturated heterocycles. The lowest BCUT2D eigenvalue weighted by Crippen LogP contribution is -2.28. The fourth-order valence-corrected chi connectivity index (χ4v) is 2.06. The van der Waals surface area contributed by atoms with Gasteiger partial charge in [-0.2, -0.15) is 9.50 Å². The molecule has 90 valence electrons. The molecule has 2 rings (SSSR count). The maximum atomic E-state index is 11.4. The molecule has 0 aliphatic carbocycles. The van der Waals surface area contributed by atoms with E-state index >= 15 is 0 Å². The first-order chi connectivity index (χ1) is 8.11. The van der Waals surface area contributed by atoms with Crippen LogP contribution in [0.3, 0.4) is 0 Å². The third-order valence-corrected chi connectivity index (χ3v) is 2.91. The molecule has 1 N–H and O–H groups in total. The highest BCUT2D eigenvalue weighted by Gasteiger charge is 2.20. The molecule has 0 fully saturated rings. The van der Waals surface area contributed by atoms with E-state index < -0.39 is 17.1 Å². The molecule has 0 radical (unpaired) electrons. The molecular weight excluding hydrogens is 244 g/mol. The minimum Gasteiger partial charge on any atom is -0.464 e. The highest BCUT2D eigenvalue weighted by molar-refractivity contribution is 7.82. The Hall–Kier alpha value is -1.96. The van der Waals surface area contributed by atoms with E-state index in [4.69, 9.17) is 0 Å². The second kappa shape index (κ2) is 4.50. The van der Waals surface area contributed by atoms with Crippen molar-refractivity contribution in [3.05, 3.63) is 29.7 Å². The predicted octanol–water partition coefficient (Wildman–Crippen LogP) is -0.552. The zero-order chi connectivity index (χ0) is 12.4. The van der Waals surface area contributed by atoms with Crippen LogP contribution in [-0.2, 0) is 27.8 Å². The average molecular weight is 254 g/mol. The van der Waals surface area contributed by atoms with Gasteiger partial charge in [0, 0.05) is 13.2 Å². The van der Waals surface area contributed by atoms with Crippen LogP contribution in [0.1, 0.15) is 5.69 Å². The molecule has 7 nitrogen and oxygen atoms in total. The van der Waals surface area contributed by atoms with Crippen molar-refractivity contribution in [2.24, 2.45) is 11.4 Å². The zero-order valence-corrected chi connectivity index (χ0v) is 10.0. The van der Waals surface area contributed by atoms with Gasteiger partial charge in [-0.25, -0.2) is 9.00 Å². The van der Waals surface area contributed by atoms with Crippen LogP contribution in [-0.4, -0.2) is 32.8 Å². The van der Waals surface area contributed by atoms with Crippen LogP contribution < -0.4 is 4.72 Å². The average Bonchev–Trinajstić information content (AvgIpc) is 2.73. The Bertz CT molecular complexity index is 546. The van der Waals surface area contributed by atoms with Gasteiger partial charge in [-0.3, -0.25) is 9.40 Å². The molecule has 1 atom stereocenters. The van der Waals surface area contributed by atoms with E-state index in [0.29, 0.717) is 11.4 Å². The van der Waals surface area contributed by atoms with Crippen molar-refractivity contribution in [2.75, 3.05) is 7.11 Å². The summed E-state index contributed by atoms with van der Waals surface area (Å²) < 4.78 is 23.9. The van der Waals surface area contributed by atoms with Crippen LogP contribution in [0.5, 0.6) is 0 Å². The van der Waals surface area contributed by atoms with E-state index in [0.717, 1.165) is 0 Å². The van der Waals surface area contributed by atoms with Gasteiger partial charge in [-0.05, 0) is 12.1 Å². The number of aryl methyl sites for hydroxylation is 1. The number of nitrogens with zero attached hydrogens (tertiary/aromatic N) is 3. The fraction of sp³-hybridized carbons (Fsp3) is 0.222. The normalized spacial score (nSPS) is 19.1. The lowest BCUT2D eigenvalue weighted by atomic mass is 10.2. The lowest BCUT2D eigenvalue weighted by molar-refractivity contribution is -0.136. The maximum Gasteiger partial charge on any atom is 0.355 e. The molecule has 1 aromatic heterocycles. The Morgan fingerprint density at radius 3 is 2.94 bits per heavy atom. The van der Waals surface area contributed by atoms with E-state index in [1.165, 1.54) is 13.2 Å². The van der Waals surface area contributed by atoms with E-state index in [9.17, 15) is 9.00 Å². The second-order valence-electron chi connectivity index (χ2n) is 3.22. The highest BCUT2D eigenvalue weighted by atomic mass is 32.2. The van der Waals surface area contributed by atoms with Gasteiger partial charge in [0.25, 0.3) is 0 Å². The van der Waals surface area contributed by atoms with E-state index in [-0.39, 0.29) is 5.70 Å². The first kappa shape index (κ1) is 11.5. The Kier molecular flexibility index (Phi) is 3.05. The summed E-state index contributed by atoms with van der Waals surface area (Å²) in [6.45, 7) is 0. The van der Waals surface area contributed by atoms with Gasteiger partial charge in [-0.1, -0.05) is 0 Å². The van der Waals surface area contributed by atoms with Crippen LogP contribution in [0.2, 0.25) is 0 Å². The molecule has 1 aliphatic heterocycles. The topological polar surface area (TPSA) is 85.6 Å². The number of ether oxygens (including phenoxy) is 1. The molecule has 1 aromatic rings. The first-order valence-electron chi connectivity index (χ1n) is 4.67. The number of methoxy groups -OCH3 is 1. The van der Waals surface area contributed by atoms with Gasteiger partial charge in [0.15, 0.2) is 0 Å². The maximum absolute atomic E-state index is 11.4. The third-order valence-electron chi connectivity index (χ3n) is 2.15. The van der Waals surface area contributed by atoms with Crippen molar-refractivity contribution in [2.45, 2.75) is 0 Å². The van der Waals surface area contributed by atoms with E-state index in [1.54, 1.807) is 24.0 Å². The monoisotopic (exact) mass is 254 g/mol. The van der Waals surface area contributed by atoms with Crippen molar-refractivity contribution in [3.63, 3.8) is 0 Å². The van der Waals surface area contributed by atoms with Crippen LogP contribution in [0.15, 0.2) is 28.4 Å². The second-order valence-corrected chi connectivity index (χ2v) is 4.10. The van der Waals surface area contributed by atoms with Crippen molar-refractivity contribution in [1.82, 2.24) is 14.5 Å². The third kappa shape index (κ3) is 2.26. The standard InChI is InChI=1S/C9H10N4O3S/c1-13-8(3-4-10-13)6-5-7(9(14)16-2)12-17(15)11-6/h3-5,12H,1-2H3. The van der Waals surface area contributed by atoms with Crippen LogP contribution >= 0.6 is 0 Å². The summed E-state index contributed by atoms with van der Waals surface area (Å²) in [7, 11) is 2.98. The van der Waals surface area contributed by atoms with Crippen LogP contribution in [0.4, 0.5) is 0 Å². The summed E-state index contributed by atoms with van der Waals surface area (Å²) >= 11 is -1.69. The fourth-order valence-electron chi connectivity index (χ4n) is 1.36. The molecule has 0 spiro atoms. The minimum absolute atomic E-state index is 0.108. The molecule has 8 heteroatoms. The summed E-state index contributed by atoms with van der Waals surface area (Å²) in [5.41, 5.74) is 1.20. The van der Waals surface area contributed by atoms with Crippen LogP contribution in [0, 0.1) is 0 Å². The summed E-state index contributed by atoms with van der Waals surface area (Å²) in [5, 5.41) is 3.98. The summed E-state index contributed by atoms with van der Waals surface area (Å²) in [5.74, 6) is -0.590. The number of nitrogens with one attached hydrogen (secondary N) is 1. The summed E-state index contributed by atoms with van der Waals surface area (Å²) in [4.78, 5) is 11.3. The Labute approximate surface area is 99.9 Å². The molecule has 0 bridgehead atoms. The van der Waals surface area contributed by atoms with Gasteiger partial charge in [-0.15, -0.1) is 0 Å². The van der Waals surface area contributed by atoms with Gasteiger partial charge in [0.2, 0.25) is 11.2 Å². The van der Waals surface area contributed by atoms with Crippen molar-refractivity contribution >= 4 is 22.9 Å². The smallest absolute Gasteiger partial charge is 0.355 e. The lowest BCUT2D eigenvalue weighted by Gasteiger charge is -2.12. The van der Waals surface area contributed by atoms with Gasteiger partial charge < -0.3 is 4.74 Å². The van der Waals surface area contributed by atoms with Crippen molar-refractivity contribution < 1.29 is 13.7 Å². The summed E-state index contributed by atoms with van der Waals surface area (Å²) in [6, 6.07) is 1.72. The number of hydrogen-bond acceptors (Lipinski definition) is 4. The number of carbonyl (C=O) groups excluding carboxylic acids is 1. The van der Waals surface area contributed by atoms with E-state index in [1.807, 2.05) is 0 Å². The molecule has 0 saturated carbocycles. The molecule has 17 heavy (non-hydrogen) atoms. The molecule has 1 unspecified atom stereocenters. The van der Waals surface area contributed by atoms with Gasteiger partial charge in [0.05, 0.1) is 12.8 Å². The van der Waals surface area contributed by atoms with E-state index in [2.05, 4.69) is 19.0 Å². The largest absolute Gasteiger partial charge is 0.464 e. The Balaban J connectivity index is 2.41. The van der Waals surface area contributed by atoms with Gasteiger partial charge >= 0.3 is 5.97 Å². The molecule has 0 aromatic carbocycles. The van der Waals surface area contributed by atoms with Gasteiger partial charge in [0.1, 0.15) is 11.4 Å². The number of hydrogen-bond donors (Lipinski definition) is 1. The number of esters is 1. The minimum atomic E-state index is -1.69. The van der Waals surface area contributed by atoms with Crippen molar-refractivity contribution in [3.8, 4) is 0 Å². The number of allylic oxidation sites excluding steroid dienone is 1. The highest BCUT2D eigenvalue weighted by Crippen LogP contribution is 2.09. The first-order valence-corrected chi connectivity index (χ1v) is 5.78. The van der Waals surface area contributed by atoms with Crippen LogP contribution in [0.25, 0.3) is 0 Å². The predicted molar refractivity (Wildman–Crippen MR) is 61.1 cm³/mol. The molecular formula is C9H10N4O3S. The number of rotatable bonds is 2. The van der Waals surface area contributed by atoms with Crippen molar-refractivity contribution in [1.29, 1.82) is 0 Å². The quantitative estimate of drug-likeness (QED) is 0.717. The summed E-state index contributed by atoms with van der Waals surface area (Å²) in [6.07, 6.45) is 3.07. The molecule has 0 amide bonds. The molecule has 2 heterocycles. The Morgan fingerprint density at radius 2 is 2.35 bits per heavy atom. The number of aromatic nitrogens is 2. The number of carbonyl (C=O) groups is 1. The zero-order valence-electron chi connectivity index (χ0n) is 9.21.